The maximum absolute atomic E-state index is 10.9. The molecule has 0 aliphatic rings. The van der Waals surface area contributed by atoms with E-state index in [1.54, 1.807) is 0 Å². The zero-order valence-electron chi connectivity index (χ0n) is 12.3. The van der Waals surface area contributed by atoms with E-state index in [-0.39, 0.29) is 0 Å². The van der Waals surface area contributed by atoms with Crippen LogP contribution in [0.25, 0.3) is 0 Å². The minimum absolute atomic E-state index is 0.446. The van der Waals surface area contributed by atoms with E-state index in [2.05, 4.69) is 36.4 Å². The van der Waals surface area contributed by atoms with Gasteiger partial charge < -0.3 is 5.11 Å². The molecule has 2 heteroatoms. The Morgan fingerprint density at radius 1 is 0.682 bits per heavy atom. The predicted molar refractivity (Wildman–Crippen MR) is 94.5 cm³/mol. The number of hydrogen-bond donors (Lipinski definition) is 1. The Hall–Kier alpha value is -1.95. The van der Waals surface area contributed by atoms with E-state index in [0.29, 0.717) is 0 Å². The normalized spacial score (nSPS) is 13.5. The van der Waals surface area contributed by atoms with Crippen molar-refractivity contribution in [1.29, 1.82) is 0 Å². The predicted octanol–water partition coefficient (Wildman–Crippen LogP) is 4.69. The monoisotopic (exact) mass is 306 g/mol. The summed E-state index contributed by atoms with van der Waals surface area (Å²) in [7, 11) is -0.714. The zero-order valence-corrected chi connectivity index (χ0v) is 13.2. The van der Waals surface area contributed by atoms with Crippen LogP contribution in [0.5, 0.6) is 0 Å². The summed E-state index contributed by atoms with van der Waals surface area (Å²) in [4.78, 5) is 0. The molecule has 0 aliphatic carbocycles. The summed E-state index contributed by atoms with van der Waals surface area (Å²) in [5.41, 5.74) is 2.26. The Morgan fingerprint density at radius 3 is 1.77 bits per heavy atom. The molecule has 0 bridgehead atoms. The molecule has 1 nitrogen and oxygen atoms in total. The Labute approximate surface area is 133 Å². The summed E-state index contributed by atoms with van der Waals surface area (Å²) in [5.74, 6) is -0.446. The Balaban J connectivity index is 1.93. The summed E-state index contributed by atoms with van der Waals surface area (Å²) in [6, 6.07) is 30.8. The molecule has 22 heavy (non-hydrogen) atoms. The number of rotatable bonds is 5. The lowest BCUT2D eigenvalue weighted by Gasteiger charge is -2.24. The van der Waals surface area contributed by atoms with Crippen molar-refractivity contribution in [2.75, 3.05) is 0 Å². The van der Waals surface area contributed by atoms with Crippen LogP contribution >= 0.6 is 7.92 Å². The van der Waals surface area contributed by atoms with Gasteiger partial charge in [-0.2, -0.15) is 0 Å². The first-order chi connectivity index (χ1) is 10.8. The van der Waals surface area contributed by atoms with E-state index in [1.807, 2.05) is 54.6 Å². The summed E-state index contributed by atoms with van der Waals surface area (Å²) in [6.45, 7) is 0. The summed E-state index contributed by atoms with van der Waals surface area (Å²) >= 11 is 0. The van der Waals surface area contributed by atoms with Crippen LogP contribution in [0.1, 0.15) is 17.0 Å². The quantitative estimate of drug-likeness (QED) is 0.678. The third-order valence-corrected chi connectivity index (χ3v) is 6.23. The van der Waals surface area contributed by atoms with Gasteiger partial charge in [-0.1, -0.05) is 91.0 Å². The van der Waals surface area contributed by atoms with Gasteiger partial charge in [0.05, 0.1) is 0 Å². The molecule has 2 unspecified atom stereocenters. The smallest absolute Gasteiger partial charge is 0.102 e. The van der Waals surface area contributed by atoms with Crippen molar-refractivity contribution in [1.82, 2.24) is 0 Å². The fourth-order valence-electron chi connectivity index (χ4n) is 2.52. The fourth-order valence-corrected chi connectivity index (χ4v) is 4.85. The molecule has 0 heterocycles. The maximum Gasteiger partial charge on any atom is 0.102 e. The molecule has 0 aliphatic heterocycles. The standard InChI is InChI=1S/C20H19OP/c21-20(18-12-6-2-7-13-18)22(19-14-8-3-9-15-19)16-17-10-4-1-5-11-17/h1-15,20-21H,16H2. The number of hydrogen-bond acceptors (Lipinski definition) is 1. The molecule has 0 fully saturated rings. The summed E-state index contributed by atoms with van der Waals surface area (Å²) in [6.07, 6.45) is 0.885. The van der Waals surface area contributed by atoms with Crippen LogP contribution in [0.15, 0.2) is 91.0 Å². The first kappa shape index (κ1) is 15.0. The Kier molecular flexibility index (Phi) is 5.00. The molecular weight excluding hydrogens is 287 g/mol. The van der Waals surface area contributed by atoms with Gasteiger partial charge in [-0.3, -0.25) is 0 Å². The van der Waals surface area contributed by atoms with Crippen LogP contribution in [0, 0.1) is 0 Å². The zero-order chi connectivity index (χ0) is 15.2. The van der Waals surface area contributed by atoms with E-state index in [1.165, 1.54) is 10.9 Å². The van der Waals surface area contributed by atoms with Crippen molar-refractivity contribution < 1.29 is 5.11 Å². The van der Waals surface area contributed by atoms with E-state index < -0.39 is 13.8 Å². The molecule has 0 amide bonds. The van der Waals surface area contributed by atoms with Gasteiger partial charge in [0.2, 0.25) is 0 Å². The lowest BCUT2D eigenvalue weighted by Crippen LogP contribution is -2.09. The summed E-state index contributed by atoms with van der Waals surface area (Å²) in [5, 5.41) is 12.2. The minimum atomic E-state index is -0.714. The molecule has 0 saturated carbocycles. The molecule has 1 N–H and O–H groups in total. The van der Waals surface area contributed by atoms with Crippen LogP contribution < -0.4 is 5.30 Å². The van der Waals surface area contributed by atoms with E-state index in [4.69, 9.17) is 0 Å². The van der Waals surface area contributed by atoms with Gasteiger partial charge in [0.15, 0.2) is 0 Å². The van der Waals surface area contributed by atoms with Gasteiger partial charge in [-0.25, -0.2) is 0 Å². The van der Waals surface area contributed by atoms with Gasteiger partial charge >= 0.3 is 0 Å². The van der Waals surface area contributed by atoms with Crippen LogP contribution in [-0.2, 0) is 6.16 Å². The Morgan fingerprint density at radius 2 is 1.18 bits per heavy atom. The topological polar surface area (TPSA) is 20.2 Å². The summed E-state index contributed by atoms with van der Waals surface area (Å²) < 4.78 is 0. The number of aliphatic hydroxyl groups is 1. The van der Waals surface area contributed by atoms with Crippen LogP contribution in [0.2, 0.25) is 0 Å². The van der Waals surface area contributed by atoms with Crippen molar-refractivity contribution in [2.24, 2.45) is 0 Å². The molecule has 0 aromatic heterocycles. The average Bonchev–Trinajstić information content (AvgIpc) is 2.61. The molecular formula is C20H19OP. The lowest BCUT2D eigenvalue weighted by atomic mass is 10.2. The van der Waals surface area contributed by atoms with Crippen molar-refractivity contribution in [3.63, 3.8) is 0 Å². The first-order valence-electron chi connectivity index (χ1n) is 7.43. The Bertz CT molecular complexity index is 683. The van der Waals surface area contributed by atoms with E-state index >= 15 is 0 Å². The highest BCUT2D eigenvalue weighted by Gasteiger charge is 2.22. The van der Waals surface area contributed by atoms with Gasteiger partial charge in [-0.05, 0) is 30.5 Å². The van der Waals surface area contributed by atoms with Crippen molar-refractivity contribution in [3.05, 3.63) is 102 Å². The van der Waals surface area contributed by atoms with Gasteiger partial charge in [0, 0.05) is 0 Å². The highest BCUT2D eigenvalue weighted by Crippen LogP contribution is 2.51. The largest absolute Gasteiger partial charge is 0.384 e. The van der Waals surface area contributed by atoms with E-state index in [9.17, 15) is 5.11 Å². The molecule has 3 aromatic rings. The molecule has 3 aromatic carbocycles. The highest BCUT2D eigenvalue weighted by molar-refractivity contribution is 7.65. The van der Waals surface area contributed by atoms with Crippen LogP contribution in [-0.4, -0.2) is 5.11 Å². The van der Waals surface area contributed by atoms with Crippen molar-refractivity contribution in [3.8, 4) is 0 Å². The third-order valence-electron chi connectivity index (χ3n) is 3.68. The number of benzene rings is 3. The van der Waals surface area contributed by atoms with Crippen molar-refractivity contribution in [2.45, 2.75) is 12.0 Å². The molecule has 2 atom stereocenters. The molecule has 0 spiro atoms. The second-order valence-corrected chi connectivity index (χ2v) is 7.49. The average molecular weight is 306 g/mol. The van der Waals surface area contributed by atoms with Gasteiger partial charge in [-0.15, -0.1) is 0 Å². The molecule has 0 radical (unpaired) electrons. The third kappa shape index (κ3) is 3.62. The van der Waals surface area contributed by atoms with Crippen LogP contribution in [0.3, 0.4) is 0 Å². The second-order valence-electron chi connectivity index (χ2n) is 5.23. The van der Waals surface area contributed by atoms with E-state index in [0.717, 1.165) is 11.7 Å². The lowest BCUT2D eigenvalue weighted by molar-refractivity contribution is 0.264. The van der Waals surface area contributed by atoms with Crippen molar-refractivity contribution >= 4 is 13.2 Å². The first-order valence-corrected chi connectivity index (χ1v) is 9.03. The molecule has 0 saturated heterocycles. The van der Waals surface area contributed by atoms with Crippen LogP contribution in [0.4, 0.5) is 0 Å². The number of aliphatic hydroxyl groups excluding tert-OH is 1. The fraction of sp³-hybridized carbons (Fsp3) is 0.100. The minimum Gasteiger partial charge on any atom is -0.384 e. The van der Waals surface area contributed by atoms with Gasteiger partial charge in [0.25, 0.3) is 0 Å². The molecule has 3 rings (SSSR count). The highest BCUT2D eigenvalue weighted by atomic mass is 31.1. The second kappa shape index (κ2) is 7.35. The molecule has 110 valence electrons. The maximum atomic E-state index is 10.9. The SMILES string of the molecule is OC(c1ccccc1)P(Cc1ccccc1)c1ccccc1. The van der Waals surface area contributed by atoms with Gasteiger partial charge in [0.1, 0.15) is 5.85 Å².